The van der Waals surface area contributed by atoms with Crippen LogP contribution in [0.2, 0.25) is 0 Å². The van der Waals surface area contributed by atoms with Crippen LogP contribution in [0, 0.1) is 0 Å². The number of nitrogens with one attached hydrogen (secondary N) is 1. The van der Waals surface area contributed by atoms with Gasteiger partial charge in [0.25, 0.3) is 0 Å². The van der Waals surface area contributed by atoms with Crippen LogP contribution >= 0.6 is 0 Å². The van der Waals surface area contributed by atoms with E-state index in [1.54, 1.807) is 0 Å². The summed E-state index contributed by atoms with van der Waals surface area (Å²) in [6.45, 7) is 1.53. The van der Waals surface area contributed by atoms with Crippen LogP contribution in [-0.4, -0.2) is 31.1 Å². The standard InChI is InChI=1S/C15H15F3N2O3/c1-8-11(13(21)23-3)12(19-14(22)20(8)2)9-5-4-6-10(7-9)15(16,17)18/h4-7,12H,1-3H3,(H,19,22)/t12-/m1/s1. The Morgan fingerprint density at radius 2 is 2.00 bits per heavy atom. The molecule has 5 nitrogen and oxygen atoms in total. The molecule has 2 amide bonds. The highest BCUT2D eigenvalue weighted by Crippen LogP contribution is 2.34. The molecule has 0 spiro atoms. The zero-order valence-electron chi connectivity index (χ0n) is 12.7. The van der Waals surface area contributed by atoms with E-state index in [1.165, 1.54) is 38.1 Å². The van der Waals surface area contributed by atoms with E-state index in [-0.39, 0.29) is 11.1 Å². The van der Waals surface area contributed by atoms with Gasteiger partial charge in [-0.05, 0) is 24.6 Å². The fourth-order valence-electron chi connectivity index (χ4n) is 2.35. The Morgan fingerprint density at radius 3 is 2.57 bits per heavy atom. The third kappa shape index (κ3) is 3.15. The van der Waals surface area contributed by atoms with E-state index in [0.29, 0.717) is 5.70 Å². The Kier molecular flexibility index (Phi) is 4.35. The van der Waals surface area contributed by atoms with Gasteiger partial charge in [-0.3, -0.25) is 0 Å². The first kappa shape index (κ1) is 16.9. The van der Waals surface area contributed by atoms with Crippen LogP contribution in [-0.2, 0) is 15.7 Å². The highest BCUT2D eigenvalue weighted by molar-refractivity contribution is 5.94. The number of benzene rings is 1. The van der Waals surface area contributed by atoms with Gasteiger partial charge in [-0.1, -0.05) is 12.1 Å². The van der Waals surface area contributed by atoms with Crippen molar-refractivity contribution < 1.29 is 27.5 Å². The maximum Gasteiger partial charge on any atom is 0.416 e. The molecule has 1 aliphatic heterocycles. The van der Waals surface area contributed by atoms with E-state index in [0.717, 1.165) is 12.1 Å². The second-order valence-electron chi connectivity index (χ2n) is 5.06. The zero-order valence-corrected chi connectivity index (χ0v) is 12.7. The lowest BCUT2D eigenvalue weighted by Crippen LogP contribution is -2.46. The van der Waals surface area contributed by atoms with Crippen molar-refractivity contribution >= 4 is 12.0 Å². The number of allylic oxidation sites excluding steroid dienone is 1. The summed E-state index contributed by atoms with van der Waals surface area (Å²) in [5.74, 6) is -0.711. The first-order valence-electron chi connectivity index (χ1n) is 6.67. The summed E-state index contributed by atoms with van der Waals surface area (Å²) in [7, 11) is 2.62. The number of halogens is 3. The smallest absolute Gasteiger partial charge is 0.416 e. The molecule has 0 saturated heterocycles. The summed E-state index contributed by atoms with van der Waals surface area (Å²) in [5.41, 5.74) is -0.289. The number of nitrogens with zero attached hydrogens (tertiary/aromatic N) is 1. The fraction of sp³-hybridized carbons (Fsp3) is 0.333. The highest BCUT2D eigenvalue weighted by Gasteiger charge is 2.36. The quantitative estimate of drug-likeness (QED) is 0.849. The molecule has 1 heterocycles. The van der Waals surface area contributed by atoms with Crippen LogP contribution in [0.25, 0.3) is 0 Å². The van der Waals surface area contributed by atoms with Crippen molar-refractivity contribution in [3.63, 3.8) is 0 Å². The maximum atomic E-state index is 12.9. The van der Waals surface area contributed by atoms with Gasteiger partial charge in [0.05, 0.1) is 24.3 Å². The van der Waals surface area contributed by atoms with E-state index in [4.69, 9.17) is 4.74 Å². The number of carbonyl (C=O) groups excluding carboxylic acids is 2. The minimum Gasteiger partial charge on any atom is -0.466 e. The number of amides is 2. The lowest BCUT2D eigenvalue weighted by molar-refractivity contribution is -0.137. The predicted molar refractivity (Wildman–Crippen MR) is 75.2 cm³/mol. The van der Waals surface area contributed by atoms with Gasteiger partial charge in [-0.25, -0.2) is 9.59 Å². The number of esters is 1. The van der Waals surface area contributed by atoms with Crippen LogP contribution in [0.15, 0.2) is 35.5 Å². The minimum atomic E-state index is -4.52. The molecule has 1 aromatic rings. The molecule has 1 atom stereocenters. The van der Waals surface area contributed by atoms with Gasteiger partial charge in [-0.15, -0.1) is 0 Å². The molecule has 1 N–H and O–H groups in total. The molecule has 0 fully saturated rings. The summed E-state index contributed by atoms with van der Waals surface area (Å²) in [4.78, 5) is 25.2. The Bertz CT molecular complexity index is 683. The van der Waals surface area contributed by atoms with E-state index in [1.807, 2.05) is 0 Å². The number of hydrogen-bond acceptors (Lipinski definition) is 3. The molecule has 0 saturated carbocycles. The third-order valence-corrected chi connectivity index (χ3v) is 3.71. The average molecular weight is 328 g/mol. The lowest BCUT2D eigenvalue weighted by atomic mass is 9.94. The van der Waals surface area contributed by atoms with E-state index in [2.05, 4.69) is 5.32 Å². The van der Waals surface area contributed by atoms with Crippen LogP contribution < -0.4 is 5.32 Å². The molecule has 124 valence electrons. The summed E-state index contributed by atoms with van der Waals surface area (Å²) in [6.07, 6.45) is -4.52. The molecular weight excluding hydrogens is 313 g/mol. The number of carbonyl (C=O) groups is 2. The second kappa shape index (κ2) is 5.94. The number of hydrogen-bond donors (Lipinski definition) is 1. The van der Waals surface area contributed by atoms with Gasteiger partial charge in [-0.2, -0.15) is 13.2 Å². The largest absolute Gasteiger partial charge is 0.466 e. The van der Waals surface area contributed by atoms with Crippen molar-refractivity contribution in [2.24, 2.45) is 0 Å². The van der Waals surface area contributed by atoms with Crippen LogP contribution in [0.1, 0.15) is 24.1 Å². The van der Waals surface area contributed by atoms with Crippen molar-refractivity contribution in [1.82, 2.24) is 10.2 Å². The second-order valence-corrected chi connectivity index (χ2v) is 5.06. The first-order valence-corrected chi connectivity index (χ1v) is 6.67. The Hall–Kier alpha value is -2.51. The average Bonchev–Trinajstić information content (AvgIpc) is 2.51. The van der Waals surface area contributed by atoms with Gasteiger partial charge in [0.15, 0.2) is 0 Å². The minimum absolute atomic E-state index is 0.0916. The van der Waals surface area contributed by atoms with Crippen molar-refractivity contribution in [2.45, 2.75) is 19.1 Å². The Morgan fingerprint density at radius 1 is 1.35 bits per heavy atom. The molecule has 2 rings (SSSR count). The normalized spacial score (nSPS) is 18.8. The number of urea groups is 1. The maximum absolute atomic E-state index is 12.9. The lowest BCUT2D eigenvalue weighted by Gasteiger charge is -2.33. The highest BCUT2D eigenvalue weighted by atomic mass is 19.4. The van der Waals surface area contributed by atoms with Gasteiger partial charge in [0, 0.05) is 12.7 Å². The van der Waals surface area contributed by atoms with Crippen molar-refractivity contribution in [3.05, 3.63) is 46.7 Å². The number of rotatable bonds is 2. The molecule has 1 aliphatic rings. The topological polar surface area (TPSA) is 58.6 Å². The van der Waals surface area contributed by atoms with Gasteiger partial charge in [0.2, 0.25) is 0 Å². The predicted octanol–water partition coefficient (Wildman–Crippen LogP) is 2.85. The molecule has 8 heteroatoms. The van der Waals surface area contributed by atoms with E-state index >= 15 is 0 Å². The molecule has 0 bridgehead atoms. The monoisotopic (exact) mass is 328 g/mol. The fourth-order valence-corrected chi connectivity index (χ4v) is 2.35. The third-order valence-electron chi connectivity index (χ3n) is 3.71. The molecule has 0 aliphatic carbocycles. The molecule has 0 radical (unpaired) electrons. The molecule has 23 heavy (non-hydrogen) atoms. The van der Waals surface area contributed by atoms with Crippen molar-refractivity contribution in [1.29, 1.82) is 0 Å². The SMILES string of the molecule is COC(=O)C1=C(C)N(C)C(=O)N[C@@H]1c1cccc(C(F)(F)F)c1. The van der Waals surface area contributed by atoms with Gasteiger partial charge < -0.3 is 15.0 Å². The number of methoxy groups -OCH3 is 1. The van der Waals surface area contributed by atoms with Crippen LogP contribution in [0.5, 0.6) is 0 Å². The van der Waals surface area contributed by atoms with E-state index in [9.17, 15) is 22.8 Å². The van der Waals surface area contributed by atoms with E-state index < -0.39 is 29.8 Å². The van der Waals surface area contributed by atoms with Gasteiger partial charge in [0.1, 0.15) is 0 Å². The number of ether oxygens (including phenoxy) is 1. The molecule has 0 unspecified atom stereocenters. The Labute approximate surface area is 130 Å². The summed E-state index contributed by atoms with van der Waals surface area (Å²) in [5, 5.41) is 2.52. The first-order chi connectivity index (χ1) is 10.7. The zero-order chi connectivity index (χ0) is 17.4. The summed E-state index contributed by atoms with van der Waals surface area (Å²) < 4.78 is 43.3. The summed E-state index contributed by atoms with van der Waals surface area (Å²) in [6, 6.07) is 2.96. The summed E-state index contributed by atoms with van der Waals surface area (Å²) >= 11 is 0. The number of alkyl halides is 3. The Balaban J connectivity index is 2.56. The molecule has 1 aromatic carbocycles. The van der Waals surface area contributed by atoms with Crippen molar-refractivity contribution in [3.8, 4) is 0 Å². The van der Waals surface area contributed by atoms with Crippen LogP contribution in [0.4, 0.5) is 18.0 Å². The van der Waals surface area contributed by atoms with Crippen LogP contribution in [0.3, 0.4) is 0 Å². The molecular formula is C15H15F3N2O3. The van der Waals surface area contributed by atoms with Crippen molar-refractivity contribution in [2.75, 3.05) is 14.2 Å². The van der Waals surface area contributed by atoms with Gasteiger partial charge >= 0.3 is 18.2 Å². The molecule has 0 aromatic heterocycles.